The highest BCUT2D eigenvalue weighted by Crippen LogP contribution is 2.13. The van der Waals surface area contributed by atoms with Crippen molar-refractivity contribution in [3.05, 3.63) is 0 Å². The second-order valence-corrected chi connectivity index (χ2v) is 5.97. The van der Waals surface area contributed by atoms with Crippen molar-refractivity contribution in [2.75, 3.05) is 19.6 Å². The Morgan fingerprint density at radius 2 is 2.00 bits per heavy atom. The molecule has 104 valence electrons. The minimum atomic E-state index is -0.253. The van der Waals surface area contributed by atoms with Gasteiger partial charge in [0.1, 0.15) is 0 Å². The predicted octanol–water partition coefficient (Wildman–Crippen LogP) is 0.407. The van der Waals surface area contributed by atoms with Gasteiger partial charge in [0, 0.05) is 12.0 Å². The maximum Gasteiger partial charge on any atom is 0.239 e. The standard InChI is InChI=1S/C13H25N3O2/c1-13(2,3)16-12(18)9-15-11(17)5-4-10-6-7-14-8-10/h10,14H,4-9H2,1-3H3,(H,15,17)(H,16,18). The van der Waals surface area contributed by atoms with Gasteiger partial charge in [-0.15, -0.1) is 0 Å². The third-order valence-corrected chi connectivity index (χ3v) is 2.90. The summed E-state index contributed by atoms with van der Waals surface area (Å²) in [4.78, 5) is 23.0. The molecule has 0 aliphatic carbocycles. The van der Waals surface area contributed by atoms with E-state index in [-0.39, 0.29) is 23.9 Å². The molecule has 1 fully saturated rings. The number of rotatable bonds is 5. The fraction of sp³-hybridized carbons (Fsp3) is 0.846. The normalized spacial score (nSPS) is 19.6. The number of carbonyl (C=O) groups is 2. The molecule has 1 saturated heterocycles. The lowest BCUT2D eigenvalue weighted by Gasteiger charge is -2.20. The van der Waals surface area contributed by atoms with Gasteiger partial charge >= 0.3 is 0 Å². The lowest BCUT2D eigenvalue weighted by atomic mass is 10.0. The lowest BCUT2D eigenvalue weighted by Crippen LogP contribution is -2.45. The summed E-state index contributed by atoms with van der Waals surface area (Å²) >= 11 is 0. The average Bonchev–Trinajstić information content (AvgIpc) is 2.74. The van der Waals surface area contributed by atoms with Crippen LogP contribution in [0.2, 0.25) is 0 Å². The smallest absolute Gasteiger partial charge is 0.239 e. The molecule has 0 saturated carbocycles. The van der Waals surface area contributed by atoms with Crippen LogP contribution in [0.3, 0.4) is 0 Å². The number of nitrogens with one attached hydrogen (secondary N) is 3. The molecule has 5 nitrogen and oxygen atoms in total. The first kappa shape index (κ1) is 15.0. The van der Waals surface area contributed by atoms with Crippen LogP contribution in [0.5, 0.6) is 0 Å². The van der Waals surface area contributed by atoms with E-state index in [2.05, 4.69) is 16.0 Å². The Balaban J connectivity index is 2.10. The highest BCUT2D eigenvalue weighted by molar-refractivity contribution is 5.84. The summed E-state index contributed by atoms with van der Waals surface area (Å²) in [6.07, 6.45) is 2.56. The van der Waals surface area contributed by atoms with Gasteiger partial charge in [0.15, 0.2) is 0 Å². The molecule has 1 aliphatic rings. The van der Waals surface area contributed by atoms with Gasteiger partial charge in [-0.2, -0.15) is 0 Å². The first-order valence-corrected chi connectivity index (χ1v) is 6.65. The summed E-state index contributed by atoms with van der Waals surface area (Å²) in [7, 11) is 0. The van der Waals surface area contributed by atoms with Crippen molar-refractivity contribution in [2.45, 2.75) is 45.6 Å². The third kappa shape index (κ3) is 6.59. The minimum Gasteiger partial charge on any atom is -0.350 e. The summed E-state index contributed by atoms with van der Waals surface area (Å²) in [6.45, 7) is 7.89. The molecule has 18 heavy (non-hydrogen) atoms. The van der Waals surface area contributed by atoms with E-state index < -0.39 is 0 Å². The van der Waals surface area contributed by atoms with E-state index in [1.54, 1.807) is 0 Å². The van der Waals surface area contributed by atoms with Gasteiger partial charge in [-0.25, -0.2) is 0 Å². The van der Waals surface area contributed by atoms with Crippen LogP contribution in [-0.4, -0.2) is 37.0 Å². The lowest BCUT2D eigenvalue weighted by molar-refractivity contribution is -0.127. The molecule has 0 aromatic carbocycles. The molecule has 1 atom stereocenters. The van der Waals surface area contributed by atoms with Gasteiger partial charge in [0.25, 0.3) is 0 Å². The maximum absolute atomic E-state index is 11.6. The van der Waals surface area contributed by atoms with E-state index in [0.717, 1.165) is 25.9 Å². The minimum absolute atomic E-state index is 0.0361. The summed E-state index contributed by atoms with van der Waals surface area (Å²) in [5.74, 6) is 0.434. The van der Waals surface area contributed by atoms with Crippen LogP contribution in [0.25, 0.3) is 0 Å². The fourth-order valence-corrected chi connectivity index (χ4v) is 2.03. The van der Waals surface area contributed by atoms with Crippen LogP contribution < -0.4 is 16.0 Å². The quantitative estimate of drug-likeness (QED) is 0.666. The van der Waals surface area contributed by atoms with Gasteiger partial charge in [-0.3, -0.25) is 9.59 Å². The topological polar surface area (TPSA) is 70.2 Å². The molecule has 0 bridgehead atoms. The van der Waals surface area contributed by atoms with E-state index in [9.17, 15) is 9.59 Å². The number of hydrogen-bond donors (Lipinski definition) is 3. The first-order chi connectivity index (χ1) is 8.37. The second-order valence-electron chi connectivity index (χ2n) is 5.97. The average molecular weight is 255 g/mol. The van der Waals surface area contributed by atoms with Crippen molar-refractivity contribution < 1.29 is 9.59 Å². The van der Waals surface area contributed by atoms with Crippen LogP contribution in [0.4, 0.5) is 0 Å². The summed E-state index contributed by atoms with van der Waals surface area (Å²) in [6, 6.07) is 0. The van der Waals surface area contributed by atoms with Crippen molar-refractivity contribution in [1.29, 1.82) is 0 Å². The fourth-order valence-electron chi connectivity index (χ4n) is 2.03. The zero-order valence-corrected chi connectivity index (χ0v) is 11.6. The molecule has 0 aromatic rings. The summed E-state index contributed by atoms with van der Waals surface area (Å²) in [5.41, 5.74) is -0.253. The van der Waals surface area contributed by atoms with Crippen molar-refractivity contribution in [2.24, 2.45) is 5.92 Å². The van der Waals surface area contributed by atoms with Gasteiger partial charge < -0.3 is 16.0 Å². The summed E-state index contributed by atoms with van der Waals surface area (Å²) < 4.78 is 0. The van der Waals surface area contributed by atoms with Gasteiger partial charge in [0.05, 0.1) is 6.54 Å². The molecule has 5 heteroatoms. The SMILES string of the molecule is CC(C)(C)NC(=O)CNC(=O)CCC1CCNC1. The highest BCUT2D eigenvalue weighted by atomic mass is 16.2. The van der Waals surface area contributed by atoms with E-state index >= 15 is 0 Å². The predicted molar refractivity (Wildman–Crippen MR) is 71.1 cm³/mol. The molecule has 0 aromatic heterocycles. The Morgan fingerprint density at radius 1 is 1.28 bits per heavy atom. The molecule has 0 spiro atoms. The van der Waals surface area contributed by atoms with Crippen LogP contribution >= 0.6 is 0 Å². The zero-order valence-electron chi connectivity index (χ0n) is 11.6. The molecular formula is C13H25N3O2. The first-order valence-electron chi connectivity index (χ1n) is 6.65. The van der Waals surface area contributed by atoms with Crippen LogP contribution in [0, 0.1) is 5.92 Å². The van der Waals surface area contributed by atoms with Crippen LogP contribution in [0.1, 0.15) is 40.0 Å². The Labute approximate surface area is 109 Å². The maximum atomic E-state index is 11.6. The molecule has 3 N–H and O–H groups in total. The van der Waals surface area contributed by atoms with Gasteiger partial charge in [-0.05, 0) is 52.6 Å². The Hall–Kier alpha value is -1.10. The summed E-state index contributed by atoms with van der Waals surface area (Å²) in [5, 5.41) is 8.74. The van der Waals surface area contributed by atoms with E-state index in [1.807, 2.05) is 20.8 Å². The van der Waals surface area contributed by atoms with Crippen molar-refractivity contribution in [3.63, 3.8) is 0 Å². The molecule has 1 unspecified atom stereocenters. The van der Waals surface area contributed by atoms with E-state index in [1.165, 1.54) is 0 Å². The molecule has 2 amide bonds. The second kappa shape index (κ2) is 6.73. The zero-order chi connectivity index (χ0) is 13.6. The molecule has 0 radical (unpaired) electrons. The Bertz CT molecular complexity index is 291. The third-order valence-electron chi connectivity index (χ3n) is 2.90. The van der Waals surface area contributed by atoms with Crippen LogP contribution in [-0.2, 0) is 9.59 Å². The van der Waals surface area contributed by atoms with Crippen molar-refractivity contribution in [1.82, 2.24) is 16.0 Å². The molecular weight excluding hydrogens is 230 g/mol. The highest BCUT2D eigenvalue weighted by Gasteiger charge is 2.17. The molecule has 1 rings (SSSR count). The van der Waals surface area contributed by atoms with E-state index in [4.69, 9.17) is 0 Å². The Morgan fingerprint density at radius 3 is 2.56 bits per heavy atom. The van der Waals surface area contributed by atoms with Crippen molar-refractivity contribution in [3.8, 4) is 0 Å². The van der Waals surface area contributed by atoms with Crippen LogP contribution in [0.15, 0.2) is 0 Å². The van der Waals surface area contributed by atoms with Gasteiger partial charge in [-0.1, -0.05) is 0 Å². The molecule has 1 aliphatic heterocycles. The van der Waals surface area contributed by atoms with Gasteiger partial charge in [0.2, 0.25) is 11.8 Å². The Kier molecular flexibility index (Phi) is 5.59. The number of hydrogen-bond acceptors (Lipinski definition) is 3. The molecule has 1 heterocycles. The monoisotopic (exact) mass is 255 g/mol. The van der Waals surface area contributed by atoms with E-state index in [0.29, 0.717) is 12.3 Å². The van der Waals surface area contributed by atoms with Crippen molar-refractivity contribution >= 4 is 11.8 Å². The largest absolute Gasteiger partial charge is 0.350 e. The number of carbonyl (C=O) groups excluding carboxylic acids is 2. The number of amides is 2.